The SMILES string of the molecule is CC.CC.CC.CCC(C)(C)CC. The molecule has 0 bridgehead atoms. The highest BCUT2D eigenvalue weighted by Crippen LogP contribution is 2.22. The number of hydrogen-bond acceptors (Lipinski definition) is 0. The van der Waals surface area contributed by atoms with Crippen LogP contribution in [0.1, 0.15) is 82.1 Å². The van der Waals surface area contributed by atoms with Crippen molar-refractivity contribution in [1.82, 2.24) is 0 Å². The summed E-state index contributed by atoms with van der Waals surface area (Å²) in [5.41, 5.74) is 0.583. The summed E-state index contributed by atoms with van der Waals surface area (Å²) in [5, 5.41) is 0. The average Bonchev–Trinajstić information content (AvgIpc) is 2.26. The molecule has 0 nitrogen and oxygen atoms in total. The largest absolute Gasteiger partial charge is 0.0683 e. The molecule has 0 aliphatic heterocycles. The van der Waals surface area contributed by atoms with Gasteiger partial charge in [0.05, 0.1) is 0 Å². The van der Waals surface area contributed by atoms with Crippen LogP contribution in [-0.2, 0) is 0 Å². The van der Waals surface area contributed by atoms with Crippen molar-refractivity contribution in [2.24, 2.45) is 5.41 Å². The molecule has 0 aliphatic carbocycles. The fourth-order valence-corrected chi connectivity index (χ4v) is 0.250. The highest BCUT2D eigenvalue weighted by atomic mass is 14.1. The Bertz CT molecular complexity index is 38.0. The average molecular weight is 190 g/mol. The molecule has 0 amide bonds. The summed E-state index contributed by atoms with van der Waals surface area (Å²) < 4.78 is 0. The van der Waals surface area contributed by atoms with Gasteiger partial charge in [-0.15, -0.1) is 0 Å². The van der Waals surface area contributed by atoms with Crippen molar-refractivity contribution in [2.45, 2.75) is 82.1 Å². The van der Waals surface area contributed by atoms with Crippen LogP contribution in [0.4, 0.5) is 0 Å². The van der Waals surface area contributed by atoms with Gasteiger partial charge in [0.1, 0.15) is 0 Å². The molecular formula is C13H34. The third-order valence-electron chi connectivity index (χ3n) is 1.91. The molecule has 0 saturated heterocycles. The van der Waals surface area contributed by atoms with E-state index in [0.717, 1.165) is 0 Å². The van der Waals surface area contributed by atoms with E-state index >= 15 is 0 Å². The zero-order valence-electron chi connectivity index (χ0n) is 11.9. The molecule has 0 spiro atoms. The standard InChI is InChI=1S/C7H16.3C2H6/c1-5-7(3,4)6-2;3*1-2/h5-6H2,1-4H3;3*1-2H3. The first-order valence-corrected chi connectivity index (χ1v) is 6.12. The zero-order valence-corrected chi connectivity index (χ0v) is 11.9. The highest BCUT2D eigenvalue weighted by molar-refractivity contribution is 4.61. The lowest BCUT2D eigenvalue weighted by Crippen LogP contribution is -2.05. The fraction of sp³-hybridized carbons (Fsp3) is 1.00. The lowest BCUT2D eigenvalue weighted by molar-refractivity contribution is 0.338. The summed E-state index contributed by atoms with van der Waals surface area (Å²) >= 11 is 0. The van der Waals surface area contributed by atoms with Crippen LogP contribution in [0.3, 0.4) is 0 Å². The van der Waals surface area contributed by atoms with Crippen molar-refractivity contribution in [3.8, 4) is 0 Å². The Morgan fingerprint density at radius 1 is 0.615 bits per heavy atom. The maximum Gasteiger partial charge on any atom is -0.0359 e. The van der Waals surface area contributed by atoms with Crippen molar-refractivity contribution in [3.63, 3.8) is 0 Å². The van der Waals surface area contributed by atoms with E-state index < -0.39 is 0 Å². The summed E-state index contributed by atoms with van der Waals surface area (Å²) in [7, 11) is 0. The number of rotatable bonds is 2. The molecule has 0 aliphatic rings. The van der Waals surface area contributed by atoms with E-state index in [0.29, 0.717) is 5.41 Å². The summed E-state index contributed by atoms with van der Waals surface area (Å²) in [6.45, 7) is 21.1. The van der Waals surface area contributed by atoms with Gasteiger partial charge in [0.2, 0.25) is 0 Å². The van der Waals surface area contributed by atoms with E-state index in [9.17, 15) is 0 Å². The second kappa shape index (κ2) is 22.7. The molecule has 86 valence electrons. The molecule has 0 aromatic rings. The molecule has 0 aromatic heterocycles. The van der Waals surface area contributed by atoms with Gasteiger partial charge in [-0.2, -0.15) is 0 Å². The van der Waals surface area contributed by atoms with E-state index in [4.69, 9.17) is 0 Å². The lowest BCUT2D eigenvalue weighted by atomic mass is 9.88. The third-order valence-corrected chi connectivity index (χ3v) is 1.91. The van der Waals surface area contributed by atoms with Crippen LogP contribution in [0.25, 0.3) is 0 Å². The molecule has 0 aromatic carbocycles. The van der Waals surface area contributed by atoms with Gasteiger partial charge in [-0.3, -0.25) is 0 Å². The van der Waals surface area contributed by atoms with Crippen LogP contribution in [0.5, 0.6) is 0 Å². The van der Waals surface area contributed by atoms with Crippen LogP contribution in [0, 0.1) is 5.41 Å². The zero-order chi connectivity index (χ0) is 11.9. The van der Waals surface area contributed by atoms with Gasteiger partial charge in [-0.05, 0) is 5.41 Å². The summed E-state index contributed by atoms with van der Waals surface area (Å²) in [5.74, 6) is 0. The van der Waals surface area contributed by atoms with Gasteiger partial charge >= 0.3 is 0 Å². The normalized spacial score (nSPS) is 7.85. The topological polar surface area (TPSA) is 0 Å². The van der Waals surface area contributed by atoms with E-state index in [1.165, 1.54) is 12.8 Å². The first-order chi connectivity index (χ1) is 6.12. The Kier molecular flexibility index (Phi) is 40.3. The van der Waals surface area contributed by atoms with E-state index in [1.807, 2.05) is 41.5 Å². The van der Waals surface area contributed by atoms with Crippen molar-refractivity contribution < 1.29 is 0 Å². The first kappa shape index (κ1) is 23.1. The second-order valence-electron chi connectivity index (χ2n) is 2.87. The molecule has 0 rings (SSSR count). The van der Waals surface area contributed by atoms with Crippen LogP contribution in [0.15, 0.2) is 0 Å². The summed E-state index contributed by atoms with van der Waals surface area (Å²) in [6, 6.07) is 0. The Balaban J connectivity index is -0.0000000573. The van der Waals surface area contributed by atoms with E-state index in [2.05, 4.69) is 27.7 Å². The third kappa shape index (κ3) is 33.3. The van der Waals surface area contributed by atoms with Gasteiger partial charge in [0.25, 0.3) is 0 Å². The minimum absolute atomic E-state index is 0.583. The van der Waals surface area contributed by atoms with Crippen LogP contribution in [-0.4, -0.2) is 0 Å². The van der Waals surface area contributed by atoms with Crippen LogP contribution >= 0.6 is 0 Å². The minimum atomic E-state index is 0.583. The van der Waals surface area contributed by atoms with Crippen molar-refractivity contribution in [2.75, 3.05) is 0 Å². The van der Waals surface area contributed by atoms with Gasteiger partial charge < -0.3 is 0 Å². The molecule has 0 atom stereocenters. The highest BCUT2D eigenvalue weighted by Gasteiger charge is 2.09. The van der Waals surface area contributed by atoms with Crippen LogP contribution in [0.2, 0.25) is 0 Å². The maximum atomic E-state index is 2.30. The molecule has 0 fully saturated rings. The van der Waals surface area contributed by atoms with E-state index in [1.54, 1.807) is 0 Å². The monoisotopic (exact) mass is 190 g/mol. The van der Waals surface area contributed by atoms with Crippen molar-refractivity contribution in [1.29, 1.82) is 0 Å². The molecule has 0 saturated carbocycles. The predicted molar refractivity (Wildman–Crippen MR) is 68.4 cm³/mol. The fourth-order valence-electron chi connectivity index (χ4n) is 0.250. The number of hydrogen-bond donors (Lipinski definition) is 0. The minimum Gasteiger partial charge on any atom is -0.0683 e. The first-order valence-electron chi connectivity index (χ1n) is 6.12. The Hall–Kier alpha value is 0. The molecule has 0 unspecified atom stereocenters. The van der Waals surface area contributed by atoms with Crippen molar-refractivity contribution >= 4 is 0 Å². The Morgan fingerprint density at radius 2 is 0.769 bits per heavy atom. The lowest BCUT2D eigenvalue weighted by Gasteiger charge is -2.18. The molecule has 0 heteroatoms. The Morgan fingerprint density at radius 3 is 0.769 bits per heavy atom. The molecule has 0 radical (unpaired) electrons. The van der Waals surface area contributed by atoms with E-state index in [-0.39, 0.29) is 0 Å². The van der Waals surface area contributed by atoms with Gasteiger partial charge in [0.15, 0.2) is 0 Å². The quantitative estimate of drug-likeness (QED) is 0.507. The molecule has 13 heavy (non-hydrogen) atoms. The van der Waals surface area contributed by atoms with Gasteiger partial charge in [0, 0.05) is 0 Å². The Labute approximate surface area is 88.1 Å². The summed E-state index contributed by atoms with van der Waals surface area (Å²) in [4.78, 5) is 0. The van der Waals surface area contributed by atoms with Gasteiger partial charge in [-0.25, -0.2) is 0 Å². The summed E-state index contributed by atoms with van der Waals surface area (Å²) in [6.07, 6.45) is 2.59. The molecular weight excluding hydrogens is 156 g/mol. The van der Waals surface area contributed by atoms with Crippen molar-refractivity contribution in [3.05, 3.63) is 0 Å². The smallest absolute Gasteiger partial charge is 0.0359 e. The maximum absolute atomic E-state index is 2.30. The van der Waals surface area contributed by atoms with Crippen LogP contribution < -0.4 is 0 Å². The predicted octanol–water partition coefficient (Wildman–Crippen LogP) is 5.91. The molecule has 0 N–H and O–H groups in total. The molecule has 0 heterocycles. The second-order valence-corrected chi connectivity index (χ2v) is 2.87. The van der Waals surface area contributed by atoms with Gasteiger partial charge in [-0.1, -0.05) is 82.1 Å².